The number of hydrogen-bond acceptors (Lipinski definition) is 3. The van der Waals surface area contributed by atoms with Crippen molar-refractivity contribution in [2.24, 2.45) is 5.84 Å². The number of amides is 1. The zero-order chi connectivity index (χ0) is 17.3. The van der Waals surface area contributed by atoms with Gasteiger partial charge in [0.05, 0.1) is 21.1 Å². The first-order valence-electron chi connectivity index (χ1n) is 7.06. The third kappa shape index (κ3) is 3.35. The lowest BCUT2D eigenvalue weighted by atomic mass is 10.1. The van der Waals surface area contributed by atoms with Crippen LogP contribution >= 0.6 is 34.8 Å². The van der Waals surface area contributed by atoms with Gasteiger partial charge in [0.2, 0.25) is 0 Å². The van der Waals surface area contributed by atoms with Gasteiger partial charge in [-0.3, -0.25) is 10.2 Å². The number of nitrogens with zero attached hydrogens (tertiary/aromatic N) is 2. The van der Waals surface area contributed by atoms with Crippen LogP contribution in [0.25, 0.3) is 11.0 Å². The van der Waals surface area contributed by atoms with Gasteiger partial charge in [0.15, 0.2) is 0 Å². The molecule has 0 saturated heterocycles. The van der Waals surface area contributed by atoms with Crippen LogP contribution in [0.15, 0.2) is 36.4 Å². The molecule has 24 heavy (non-hydrogen) atoms. The summed E-state index contributed by atoms with van der Waals surface area (Å²) in [4.78, 5) is 16.4. The highest BCUT2D eigenvalue weighted by molar-refractivity contribution is 6.42. The molecule has 0 aliphatic heterocycles. The first kappa shape index (κ1) is 17.0. The van der Waals surface area contributed by atoms with Gasteiger partial charge in [-0.05, 0) is 23.8 Å². The van der Waals surface area contributed by atoms with Gasteiger partial charge in [0.25, 0.3) is 5.91 Å². The molecule has 3 rings (SSSR count). The number of fused-ring (bicyclic) bond motifs is 1. The Morgan fingerprint density at radius 2 is 1.83 bits per heavy atom. The molecule has 3 aromatic rings. The van der Waals surface area contributed by atoms with Crippen LogP contribution in [0.3, 0.4) is 0 Å². The van der Waals surface area contributed by atoms with Crippen molar-refractivity contribution in [2.45, 2.75) is 13.0 Å². The van der Waals surface area contributed by atoms with E-state index in [-0.39, 0.29) is 12.5 Å². The number of hydrazine groups is 1. The molecule has 2 aromatic carbocycles. The topological polar surface area (TPSA) is 72.9 Å². The molecule has 0 saturated carbocycles. The van der Waals surface area contributed by atoms with Crippen molar-refractivity contribution in [3.63, 3.8) is 0 Å². The molecule has 0 aliphatic carbocycles. The van der Waals surface area contributed by atoms with Crippen LogP contribution in [0.2, 0.25) is 15.1 Å². The van der Waals surface area contributed by atoms with Gasteiger partial charge >= 0.3 is 0 Å². The zero-order valence-corrected chi connectivity index (χ0v) is 14.7. The van der Waals surface area contributed by atoms with Crippen LogP contribution in [0.5, 0.6) is 0 Å². The Bertz CT molecular complexity index is 923. The second-order valence-electron chi connectivity index (χ2n) is 5.20. The fourth-order valence-corrected chi connectivity index (χ4v) is 3.00. The van der Waals surface area contributed by atoms with E-state index < -0.39 is 0 Å². The molecule has 0 unspecified atom stereocenters. The van der Waals surface area contributed by atoms with Crippen LogP contribution < -0.4 is 11.3 Å². The van der Waals surface area contributed by atoms with Crippen LogP contribution in [0.1, 0.15) is 11.4 Å². The maximum absolute atomic E-state index is 11.8. The van der Waals surface area contributed by atoms with Gasteiger partial charge in [0.1, 0.15) is 12.4 Å². The minimum Gasteiger partial charge on any atom is -0.318 e. The standard InChI is InChI=1S/C16H13Cl3N4O/c17-10-4-2-1-3-9(10)5-15-21-13-6-11(18)12(19)7-14(13)23(15)8-16(24)22-20/h1-4,6-7H,5,8,20H2,(H,22,24). The number of nitrogens with one attached hydrogen (secondary N) is 1. The summed E-state index contributed by atoms with van der Waals surface area (Å²) in [5.41, 5.74) is 4.38. The number of rotatable bonds is 4. The number of hydrogen-bond donors (Lipinski definition) is 2. The van der Waals surface area contributed by atoms with E-state index in [1.54, 1.807) is 16.7 Å². The van der Waals surface area contributed by atoms with E-state index in [1.807, 2.05) is 24.3 Å². The normalized spacial score (nSPS) is 11.0. The molecule has 0 bridgehead atoms. The van der Waals surface area contributed by atoms with Crippen molar-refractivity contribution in [1.82, 2.24) is 15.0 Å². The number of imidazole rings is 1. The summed E-state index contributed by atoms with van der Waals surface area (Å²) in [6, 6.07) is 10.8. The number of aromatic nitrogens is 2. The van der Waals surface area contributed by atoms with Crippen LogP contribution in [-0.4, -0.2) is 15.5 Å². The molecule has 0 spiro atoms. The molecular weight excluding hydrogens is 371 g/mol. The summed E-state index contributed by atoms with van der Waals surface area (Å²) >= 11 is 18.4. The second kappa shape index (κ2) is 6.99. The van der Waals surface area contributed by atoms with Crippen LogP contribution in [0, 0.1) is 0 Å². The van der Waals surface area contributed by atoms with E-state index in [9.17, 15) is 4.79 Å². The molecule has 0 fully saturated rings. The average molecular weight is 384 g/mol. The Kier molecular flexibility index (Phi) is 4.96. The third-order valence-corrected chi connectivity index (χ3v) is 4.73. The van der Waals surface area contributed by atoms with Crippen molar-refractivity contribution in [2.75, 3.05) is 0 Å². The predicted octanol–water partition coefficient (Wildman–Crippen LogP) is 3.58. The van der Waals surface area contributed by atoms with Gasteiger partial charge in [-0.25, -0.2) is 10.8 Å². The molecule has 0 atom stereocenters. The molecule has 1 aromatic heterocycles. The largest absolute Gasteiger partial charge is 0.318 e. The Morgan fingerprint density at radius 1 is 1.12 bits per heavy atom. The van der Waals surface area contributed by atoms with Gasteiger partial charge < -0.3 is 4.57 Å². The van der Waals surface area contributed by atoms with E-state index in [0.717, 1.165) is 5.56 Å². The maximum atomic E-state index is 11.8. The van der Waals surface area contributed by atoms with Crippen molar-refractivity contribution < 1.29 is 4.79 Å². The quantitative estimate of drug-likeness (QED) is 0.411. The molecule has 1 amide bonds. The first-order chi connectivity index (χ1) is 11.5. The van der Waals surface area contributed by atoms with E-state index in [0.29, 0.717) is 38.3 Å². The molecule has 3 N–H and O–H groups in total. The lowest BCUT2D eigenvalue weighted by Gasteiger charge is -2.09. The summed E-state index contributed by atoms with van der Waals surface area (Å²) in [5, 5.41) is 1.43. The highest BCUT2D eigenvalue weighted by Crippen LogP contribution is 2.29. The van der Waals surface area contributed by atoms with Crippen LogP contribution in [0.4, 0.5) is 0 Å². The Morgan fingerprint density at radius 3 is 2.54 bits per heavy atom. The summed E-state index contributed by atoms with van der Waals surface area (Å²) in [5.74, 6) is 5.53. The Balaban J connectivity index is 2.13. The second-order valence-corrected chi connectivity index (χ2v) is 6.43. The van der Waals surface area contributed by atoms with Crippen molar-refractivity contribution in [3.8, 4) is 0 Å². The summed E-state index contributed by atoms with van der Waals surface area (Å²) in [6.45, 7) is 0.0186. The molecule has 124 valence electrons. The summed E-state index contributed by atoms with van der Waals surface area (Å²) < 4.78 is 1.75. The Hall–Kier alpha value is -1.79. The van der Waals surface area contributed by atoms with E-state index in [4.69, 9.17) is 40.6 Å². The smallest absolute Gasteiger partial charge is 0.253 e. The molecule has 1 heterocycles. The Labute approximate surface area is 153 Å². The molecule has 8 heteroatoms. The van der Waals surface area contributed by atoms with Gasteiger partial charge in [-0.15, -0.1) is 0 Å². The summed E-state index contributed by atoms with van der Waals surface area (Å²) in [7, 11) is 0. The van der Waals surface area contributed by atoms with Crippen LogP contribution in [-0.2, 0) is 17.8 Å². The van der Waals surface area contributed by atoms with Crippen molar-refractivity contribution >= 4 is 51.7 Å². The monoisotopic (exact) mass is 382 g/mol. The van der Waals surface area contributed by atoms with Gasteiger partial charge in [-0.2, -0.15) is 0 Å². The van der Waals surface area contributed by atoms with Crippen molar-refractivity contribution in [3.05, 3.63) is 62.9 Å². The lowest BCUT2D eigenvalue weighted by Crippen LogP contribution is -2.33. The van der Waals surface area contributed by atoms with E-state index in [1.165, 1.54) is 0 Å². The fraction of sp³-hybridized carbons (Fsp3) is 0.125. The maximum Gasteiger partial charge on any atom is 0.253 e. The average Bonchev–Trinajstić information content (AvgIpc) is 2.87. The minimum atomic E-state index is -0.346. The molecule has 0 aliphatic rings. The molecule has 5 nitrogen and oxygen atoms in total. The fourth-order valence-electron chi connectivity index (χ4n) is 2.48. The third-order valence-electron chi connectivity index (χ3n) is 3.64. The number of carbonyl (C=O) groups excluding carboxylic acids is 1. The van der Waals surface area contributed by atoms with E-state index in [2.05, 4.69) is 10.4 Å². The minimum absolute atomic E-state index is 0.0186. The predicted molar refractivity (Wildman–Crippen MR) is 96.3 cm³/mol. The number of carbonyl (C=O) groups is 1. The zero-order valence-electron chi connectivity index (χ0n) is 12.4. The summed E-state index contributed by atoms with van der Waals surface area (Å²) in [6.07, 6.45) is 0.460. The van der Waals surface area contributed by atoms with Gasteiger partial charge in [0, 0.05) is 11.4 Å². The number of halogens is 3. The molecule has 0 radical (unpaired) electrons. The first-order valence-corrected chi connectivity index (χ1v) is 8.20. The lowest BCUT2D eigenvalue weighted by molar-refractivity contribution is -0.121. The van der Waals surface area contributed by atoms with E-state index >= 15 is 0 Å². The van der Waals surface area contributed by atoms with Crippen molar-refractivity contribution in [1.29, 1.82) is 0 Å². The number of nitrogens with two attached hydrogens (primary N) is 1. The molecular formula is C16H13Cl3N4O. The highest BCUT2D eigenvalue weighted by atomic mass is 35.5. The SMILES string of the molecule is NNC(=O)Cn1c(Cc2ccccc2Cl)nc2cc(Cl)c(Cl)cc21. The highest BCUT2D eigenvalue weighted by Gasteiger charge is 2.16. The number of benzene rings is 2. The van der Waals surface area contributed by atoms with Gasteiger partial charge in [-0.1, -0.05) is 53.0 Å².